The number of halogens is 4. The molecule has 3 heterocycles. The first-order valence-electron chi connectivity index (χ1n) is 11.1. The first kappa shape index (κ1) is 23.5. The number of hydrogen-bond donors (Lipinski definition) is 1. The zero-order valence-corrected chi connectivity index (χ0v) is 19.3. The van der Waals surface area contributed by atoms with E-state index in [0.717, 1.165) is 17.8 Å². The molecule has 0 saturated heterocycles. The Kier molecular flexibility index (Phi) is 5.95. The van der Waals surface area contributed by atoms with Crippen LogP contribution in [0.15, 0.2) is 48.8 Å². The second-order valence-electron chi connectivity index (χ2n) is 8.54. The molecule has 5 rings (SSSR count). The van der Waals surface area contributed by atoms with Crippen LogP contribution in [0.4, 0.5) is 23.2 Å². The van der Waals surface area contributed by atoms with Crippen molar-refractivity contribution in [3.8, 4) is 17.0 Å². The molecular formula is C26H20F4N4O2. The molecule has 2 aromatic carbocycles. The molecule has 6 nitrogen and oxygen atoms in total. The van der Waals surface area contributed by atoms with Crippen LogP contribution in [0.3, 0.4) is 0 Å². The average Bonchev–Trinajstić information content (AvgIpc) is 2.86. The third kappa shape index (κ3) is 3.98. The highest BCUT2D eigenvalue weighted by molar-refractivity contribution is 6.09. The van der Waals surface area contributed by atoms with Gasteiger partial charge in [-0.2, -0.15) is 0 Å². The number of nitrogens with one attached hydrogen (secondary N) is 1. The fourth-order valence-electron chi connectivity index (χ4n) is 4.44. The zero-order valence-electron chi connectivity index (χ0n) is 19.3. The largest absolute Gasteiger partial charge is 0.493 e. The van der Waals surface area contributed by atoms with E-state index in [0.29, 0.717) is 24.8 Å². The van der Waals surface area contributed by atoms with Crippen LogP contribution in [0.5, 0.6) is 5.75 Å². The topological polar surface area (TPSA) is 67.4 Å². The number of fused-ring (bicyclic) bond motifs is 2. The molecule has 0 bridgehead atoms. The average molecular weight is 496 g/mol. The number of carbonyl (C=O) groups excluding carboxylic acids is 1. The number of benzene rings is 2. The molecule has 1 amide bonds. The van der Waals surface area contributed by atoms with E-state index in [-0.39, 0.29) is 33.9 Å². The molecule has 1 N–H and O–H groups in total. The number of para-hydroxylation sites is 1. The second kappa shape index (κ2) is 9.10. The standard InChI is InChI=1S/C26H20F4N4O2/c1-34(2)25-16(26(35)33-19-7-8-36-20-6-4-3-5-14(19)20)11-31-24-21(25)18(29)12-32-23(24)15-9-13(27)10-17(28)22(15)30/h3-6,9-12,19H,7-8H2,1-2H3,(H,33,35)/t19-/m0/s1. The Balaban J connectivity index is 1.64. The number of amides is 1. The Morgan fingerprint density at radius 2 is 1.83 bits per heavy atom. The maximum Gasteiger partial charge on any atom is 0.255 e. The Labute approximate surface area is 203 Å². The van der Waals surface area contributed by atoms with Gasteiger partial charge >= 0.3 is 0 Å². The molecule has 0 saturated carbocycles. The molecule has 36 heavy (non-hydrogen) atoms. The summed E-state index contributed by atoms with van der Waals surface area (Å²) >= 11 is 0. The maximum absolute atomic E-state index is 15.1. The van der Waals surface area contributed by atoms with Gasteiger partial charge < -0.3 is 15.0 Å². The van der Waals surface area contributed by atoms with E-state index < -0.39 is 34.7 Å². The molecule has 10 heteroatoms. The van der Waals surface area contributed by atoms with E-state index in [2.05, 4.69) is 15.3 Å². The van der Waals surface area contributed by atoms with E-state index in [1.807, 2.05) is 24.3 Å². The molecule has 4 aromatic rings. The lowest BCUT2D eigenvalue weighted by molar-refractivity contribution is 0.0925. The molecule has 1 aliphatic heterocycles. The zero-order chi connectivity index (χ0) is 25.6. The monoisotopic (exact) mass is 496 g/mol. The normalized spacial score (nSPS) is 14.8. The molecule has 0 unspecified atom stereocenters. The summed E-state index contributed by atoms with van der Waals surface area (Å²) in [5, 5.41) is 2.83. The van der Waals surface area contributed by atoms with Crippen molar-refractivity contribution in [1.29, 1.82) is 0 Å². The van der Waals surface area contributed by atoms with E-state index in [9.17, 15) is 18.0 Å². The van der Waals surface area contributed by atoms with Crippen molar-refractivity contribution in [2.75, 3.05) is 25.6 Å². The van der Waals surface area contributed by atoms with Crippen LogP contribution < -0.4 is 15.0 Å². The summed E-state index contributed by atoms with van der Waals surface area (Å²) in [4.78, 5) is 23.0. The molecular weight excluding hydrogens is 476 g/mol. The quantitative estimate of drug-likeness (QED) is 0.312. The van der Waals surface area contributed by atoms with Gasteiger partial charge in [-0.1, -0.05) is 18.2 Å². The van der Waals surface area contributed by atoms with Crippen molar-refractivity contribution in [1.82, 2.24) is 15.3 Å². The van der Waals surface area contributed by atoms with Gasteiger partial charge in [0.15, 0.2) is 17.5 Å². The fraction of sp³-hybridized carbons (Fsp3) is 0.192. The number of nitrogens with zero attached hydrogens (tertiary/aromatic N) is 3. The van der Waals surface area contributed by atoms with Crippen molar-refractivity contribution in [2.45, 2.75) is 12.5 Å². The van der Waals surface area contributed by atoms with Gasteiger partial charge in [0.2, 0.25) is 0 Å². The lowest BCUT2D eigenvalue weighted by Crippen LogP contribution is -2.33. The van der Waals surface area contributed by atoms with Crippen LogP contribution in [0.2, 0.25) is 0 Å². The number of rotatable bonds is 4. The van der Waals surface area contributed by atoms with Gasteiger partial charge in [-0.05, 0) is 12.1 Å². The first-order valence-corrected chi connectivity index (χ1v) is 11.1. The van der Waals surface area contributed by atoms with E-state index in [4.69, 9.17) is 4.74 Å². The summed E-state index contributed by atoms with van der Waals surface area (Å²) in [7, 11) is 3.22. The highest BCUT2D eigenvalue weighted by Crippen LogP contribution is 2.37. The van der Waals surface area contributed by atoms with Crippen LogP contribution in [0.25, 0.3) is 22.2 Å². The first-order chi connectivity index (χ1) is 17.3. The minimum Gasteiger partial charge on any atom is -0.493 e. The third-order valence-corrected chi connectivity index (χ3v) is 6.03. The number of ether oxygens (including phenoxy) is 1. The van der Waals surface area contributed by atoms with Crippen molar-refractivity contribution < 1.29 is 27.1 Å². The Bertz CT molecular complexity index is 1510. The molecule has 1 aliphatic rings. The summed E-state index contributed by atoms with van der Waals surface area (Å²) in [6.45, 7) is 0.415. The van der Waals surface area contributed by atoms with Crippen molar-refractivity contribution in [2.24, 2.45) is 0 Å². The second-order valence-corrected chi connectivity index (χ2v) is 8.54. The molecule has 2 aromatic heterocycles. The van der Waals surface area contributed by atoms with E-state index in [1.165, 1.54) is 11.1 Å². The summed E-state index contributed by atoms with van der Waals surface area (Å²) < 4.78 is 63.1. The van der Waals surface area contributed by atoms with Gasteiger partial charge in [-0.25, -0.2) is 17.6 Å². The number of pyridine rings is 2. The molecule has 184 valence electrons. The minimum absolute atomic E-state index is 0.0680. The SMILES string of the molecule is CN(C)c1c(C(=O)N[C@H]2CCOc3ccccc32)cnc2c(-c3cc(F)cc(F)c3F)ncc(F)c12. The number of hydrogen-bond acceptors (Lipinski definition) is 5. The highest BCUT2D eigenvalue weighted by atomic mass is 19.2. The Hall–Kier alpha value is -4.21. The van der Waals surface area contributed by atoms with E-state index in [1.54, 1.807) is 14.1 Å². The van der Waals surface area contributed by atoms with Crippen LogP contribution in [0, 0.1) is 23.3 Å². The van der Waals surface area contributed by atoms with Crippen molar-refractivity contribution in [3.63, 3.8) is 0 Å². The number of aromatic nitrogens is 2. The summed E-state index contributed by atoms with van der Waals surface area (Å²) in [6, 6.07) is 8.17. The van der Waals surface area contributed by atoms with Crippen LogP contribution in [0.1, 0.15) is 28.4 Å². The van der Waals surface area contributed by atoms with Gasteiger partial charge in [0, 0.05) is 43.9 Å². The van der Waals surface area contributed by atoms with Crippen LogP contribution in [-0.4, -0.2) is 36.6 Å². The van der Waals surface area contributed by atoms with Gasteiger partial charge in [-0.15, -0.1) is 0 Å². The van der Waals surface area contributed by atoms with Gasteiger partial charge in [0.1, 0.15) is 17.1 Å². The van der Waals surface area contributed by atoms with E-state index >= 15 is 4.39 Å². The minimum atomic E-state index is -1.41. The van der Waals surface area contributed by atoms with Crippen molar-refractivity contribution >= 4 is 22.5 Å². The van der Waals surface area contributed by atoms with Gasteiger partial charge in [0.05, 0.1) is 41.2 Å². The smallest absolute Gasteiger partial charge is 0.255 e. The molecule has 1 atom stereocenters. The van der Waals surface area contributed by atoms with Crippen LogP contribution in [-0.2, 0) is 0 Å². The lowest BCUT2D eigenvalue weighted by Gasteiger charge is -2.27. The Morgan fingerprint density at radius 3 is 2.61 bits per heavy atom. The van der Waals surface area contributed by atoms with Gasteiger partial charge in [-0.3, -0.25) is 14.8 Å². The molecule has 0 aliphatic carbocycles. The predicted molar refractivity (Wildman–Crippen MR) is 126 cm³/mol. The lowest BCUT2D eigenvalue weighted by atomic mass is 9.99. The highest BCUT2D eigenvalue weighted by Gasteiger charge is 2.27. The molecule has 0 radical (unpaired) electrons. The summed E-state index contributed by atoms with van der Waals surface area (Å²) in [6.07, 6.45) is 2.56. The fourth-order valence-corrected chi connectivity index (χ4v) is 4.44. The third-order valence-electron chi connectivity index (χ3n) is 6.03. The summed E-state index contributed by atoms with van der Waals surface area (Å²) in [5.41, 5.74) is 0.144. The van der Waals surface area contributed by atoms with Crippen LogP contribution >= 0.6 is 0 Å². The number of carbonyl (C=O) groups is 1. The maximum atomic E-state index is 15.1. The molecule has 0 spiro atoms. The summed E-state index contributed by atoms with van der Waals surface area (Å²) in [5.74, 6) is -4.44. The molecule has 0 fully saturated rings. The van der Waals surface area contributed by atoms with Crippen molar-refractivity contribution in [3.05, 3.63) is 83.2 Å². The van der Waals surface area contributed by atoms with Gasteiger partial charge in [0.25, 0.3) is 5.91 Å². The number of anilines is 1. The predicted octanol–water partition coefficient (Wildman–Crippen LogP) is 5.17. The Morgan fingerprint density at radius 1 is 1.06 bits per heavy atom.